The molecule has 22 heteroatoms. The van der Waals surface area contributed by atoms with E-state index in [2.05, 4.69) is 30.7 Å². The van der Waals surface area contributed by atoms with Crippen molar-refractivity contribution in [1.82, 2.24) is 54.9 Å². The van der Waals surface area contributed by atoms with Gasteiger partial charge in [0.05, 0.1) is 16.5 Å². The van der Waals surface area contributed by atoms with E-state index in [0.29, 0.717) is 105 Å². The largest absolute Gasteiger partial charge is 0.439 e. The third-order valence-electron chi connectivity index (χ3n) is 16.0. The third-order valence-corrected chi connectivity index (χ3v) is 16.0. The Hall–Kier alpha value is -6.84. The number of nitrogens with two attached hydrogens (primary N) is 1. The number of ether oxygens (including phenoxy) is 1. The zero-order valence-corrected chi connectivity index (χ0v) is 39.3. The molecule has 1 unspecified atom stereocenters. The highest BCUT2D eigenvalue weighted by atomic mass is 19.1. The number of likely N-dealkylation sites (tertiary alicyclic amines) is 2. The molecule has 8 fully saturated rings. The monoisotopic (exact) mass is 974 g/mol. The molecule has 4 aliphatic heterocycles. The summed E-state index contributed by atoms with van der Waals surface area (Å²) in [5, 5.41) is 15.4. The Bertz CT molecular complexity index is 2860. The molecule has 4 aromatic heterocycles. The molecule has 4 saturated carbocycles. The molecule has 13 rings (SSSR count). The second kappa shape index (κ2) is 18.1. The van der Waals surface area contributed by atoms with E-state index >= 15 is 8.78 Å². The minimum absolute atomic E-state index is 0.0348. The number of anilines is 3. The van der Waals surface area contributed by atoms with Gasteiger partial charge in [-0.25, -0.2) is 38.2 Å². The first-order valence-electron chi connectivity index (χ1n) is 25.0. The average molecular weight is 975 g/mol. The van der Waals surface area contributed by atoms with Crippen LogP contribution >= 0.6 is 0 Å². The number of halogens is 2. The summed E-state index contributed by atoms with van der Waals surface area (Å²) < 4.78 is 44.1. The molecule has 0 radical (unpaired) electrons. The predicted molar refractivity (Wildman–Crippen MR) is 253 cm³/mol. The number of amides is 4. The van der Waals surface area contributed by atoms with Gasteiger partial charge in [0.15, 0.2) is 35.5 Å². The average Bonchev–Trinajstić information content (AvgIpc) is 3.99. The second-order valence-electron chi connectivity index (χ2n) is 20.7. The van der Waals surface area contributed by atoms with Crippen molar-refractivity contribution in [2.24, 2.45) is 11.8 Å². The van der Waals surface area contributed by atoms with Crippen LogP contribution in [0.25, 0.3) is 33.8 Å². The summed E-state index contributed by atoms with van der Waals surface area (Å²) in [6, 6.07) is 1.64. The third kappa shape index (κ3) is 8.56. The number of carbonyl (C=O) groups is 4. The molecule has 0 spiro atoms. The number of hydrogen-bond donors (Lipinski definition) is 3. The van der Waals surface area contributed by atoms with E-state index in [1.54, 1.807) is 14.7 Å². The maximum atomic E-state index is 15.3. The lowest BCUT2D eigenvalue weighted by atomic mass is 9.50. The smallest absolute Gasteiger partial charge is 0.410 e. The van der Waals surface area contributed by atoms with Gasteiger partial charge in [0.1, 0.15) is 35.3 Å². The Labute approximate surface area is 407 Å². The van der Waals surface area contributed by atoms with Gasteiger partial charge in [0, 0.05) is 89.3 Å². The molecule has 5 aromatic rings. The molecule has 4 saturated heterocycles. The number of nitrogen functional groups attached to an aromatic ring is 1. The summed E-state index contributed by atoms with van der Waals surface area (Å²) in [6.45, 7) is 4.74. The molecule has 372 valence electrons. The Morgan fingerprint density at radius 3 is 2.21 bits per heavy atom. The molecule has 1 aromatic carbocycles. The van der Waals surface area contributed by atoms with Gasteiger partial charge < -0.3 is 35.0 Å². The van der Waals surface area contributed by atoms with Crippen LogP contribution in [0.4, 0.5) is 30.8 Å². The number of fused-ring (bicyclic) bond motifs is 1. The zero-order chi connectivity index (χ0) is 48.5. The van der Waals surface area contributed by atoms with E-state index < -0.39 is 29.7 Å². The number of nitrogens with zero attached hydrogens (tertiary/aromatic N) is 11. The number of carbonyl (C=O) groups excluding carboxylic acids is 4. The maximum absolute atomic E-state index is 15.3. The van der Waals surface area contributed by atoms with Crippen molar-refractivity contribution < 1.29 is 37.2 Å². The van der Waals surface area contributed by atoms with Crippen LogP contribution in [-0.2, 0) is 24.7 Å². The lowest BCUT2D eigenvalue weighted by Gasteiger charge is -2.61. The fourth-order valence-electron chi connectivity index (χ4n) is 11.7. The molecular formula is C49H56F2N14O6. The van der Waals surface area contributed by atoms with Crippen molar-refractivity contribution in [1.29, 1.82) is 0 Å². The summed E-state index contributed by atoms with van der Waals surface area (Å²) in [7, 11) is 0. The normalized spacial score (nSPS) is 24.2. The Morgan fingerprint density at radius 1 is 0.845 bits per heavy atom. The fraction of sp³-hybridized carbons (Fsp3) is 0.551. The summed E-state index contributed by atoms with van der Waals surface area (Å²) in [5.41, 5.74) is 10.0. The van der Waals surface area contributed by atoms with Crippen molar-refractivity contribution in [2.75, 3.05) is 81.5 Å². The lowest BCUT2D eigenvalue weighted by molar-refractivity contribution is -0.136. The standard InChI is InChI=1S/C49H56F2N14O6/c50-33-17-32(57-35-3-4-36(66)58-47(35)68)18-34(51)42(33)63-15-13-61(14-16-63)24-27-5-9-62(10-6-27)37(67)25-70-48(69)64-11-7-29(8-12-64)31-22-53-45(54-23-31)38-41(60-71-43(38)30-1-2-30)40-39-44(52)55-26-56-46(39)65(59-40)49-19-28(20-49)21-49/h17-18,22-23,26-30,35,57H,1-16,19-21,24-25H2,(H2,52,55,56)(H,58,66,68). The first-order valence-corrected chi connectivity index (χ1v) is 25.0. The quantitative estimate of drug-likeness (QED) is 0.143. The molecule has 4 amide bonds. The van der Waals surface area contributed by atoms with Crippen LogP contribution in [0.1, 0.15) is 93.8 Å². The van der Waals surface area contributed by atoms with Crippen LogP contribution in [0.2, 0.25) is 0 Å². The van der Waals surface area contributed by atoms with Gasteiger partial charge in [-0.15, -0.1) is 0 Å². The molecule has 4 N–H and O–H groups in total. The minimum atomic E-state index is -0.743. The zero-order valence-electron chi connectivity index (χ0n) is 39.3. The van der Waals surface area contributed by atoms with Crippen LogP contribution in [-0.4, -0.2) is 145 Å². The van der Waals surface area contributed by atoms with Crippen LogP contribution in [0.5, 0.6) is 0 Å². The Morgan fingerprint density at radius 2 is 1.55 bits per heavy atom. The number of aromatic nitrogens is 7. The van der Waals surface area contributed by atoms with E-state index in [9.17, 15) is 19.2 Å². The predicted octanol–water partition coefficient (Wildman–Crippen LogP) is 4.78. The number of nitrogens with one attached hydrogen (secondary N) is 2. The molecule has 4 aliphatic carbocycles. The van der Waals surface area contributed by atoms with Crippen LogP contribution < -0.4 is 21.3 Å². The van der Waals surface area contributed by atoms with E-state index in [4.69, 9.17) is 30.1 Å². The van der Waals surface area contributed by atoms with Gasteiger partial charge in [0.2, 0.25) is 11.8 Å². The van der Waals surface area contributed by atoms with Gasteiger partial charge in [-0.1, -0.05) is 5.16 Å². The van der Waals surface area contributed by atoms with Crippen molar-refractivity contribution in [3.05, 3.63) is 53.8 Å². The molecular weight excluding hydrogens is 919 g/mol. The first-order chi connectivity index (χ1) is 34.5. The number of benzene rings is 1. The lowest BCUT2D eigenvalue weighted by Crippen LogP contribution is -2.59. The number of piperidine rings is 3. The summed E-state index contributed by atoms with van der Waals surface area (Å²) in [6.07, 6.45) is 13.3. The summed E-state index contributed by atoms with van der Waals surface area (Å²) >= 11 is 0. The highest BCUT2D eigenvalue weighted by molar-refractivity contribution is 6.02. The van der Waals surface area contributed by atoms with Crippen LogP contribution in [0.3, 0.4) is 0 Å². The number of rotatable bonds is 12. The van der Waals surface area contributed by atoms with E-state index in [1.165, 1.54) is 18.5 Å². The summed E-state index contributed by atoms with van der Waals surface area (Å²) in [4.78, 5) is 76.0. The minimum Gasteiger partial charge on any atom is -0.439 e. The van der Waals surface area contributed by atoms with E-state index in [-0.39, 0.29) is 60.0 Å². The number of piperazine rings is 1. The fourth-order valence-corrected chi connectivity index (χ4v) is 11.7. The van der Waals surface area contributed by atoms with Gasteiger partial charge in [0.25, 0.3) is 5.91 Å². The van der Waals surface area contributed by atoms with Crippen molar-refractivity contribution in [2.45, 2.75) is 94.0 Å². The van der Waals surface area contributed by atoms with Gasteiger partial charge >= 0.3 is 6.09 Å². The van der Waals surface area contributed by atoms with Crippen molar-refractivity contribution in [3.8, 4) is 22.8 Å². The van der Waals surface area contributed by atoms with Gasteiger partial charge in [-0.2, -0.15) is 5.10 Å². The number of hydrogen-bond acceptors (Lipinski definition) is 16. The second-order valence-corrected chi connectivity index (χ2v) is 20.7. The first kappa shape index (κ1) is 45.3. The van der Waals surface area contributed by atoms with Crippen LogP contribution in [0.15, 0.2) is 35.4 Å². The SMILES string of the molecule is Nc1ncnc2c1c(-c1noc(C3CC3)c1-c1ncc(C3CCN(C(=O)OCC(=O)N4CCC(CN5CCN(c6c(F)cc(NC7CCC(=O)NC7=O)cc6F)CC5)CC4)CC3)cn1)nn2C12CC(C1)C2. The van der Waals surface area contributed by atoms with E-state index in [0.717, 1.165) is 74.3 Å². The maximum Gasteiger partial charge on any atom is 0.410 e. The molecule has 20 nitrogen and oxygen atoms in total. The molecule has 8 heterocycles. The van der Waals surface area contributed by atoms with Gasteiger partial charge in [-0.3, -0.25) is 24.6 Å². The summed E-state index contributed by atoms with van der Waals surface area (Å²) in [5.74, 6) is 0.537. The topological polar surface area (TPSA) is 236 Å². The molecule has 71 heavy (non-hydrogen) atoms. The highest BCUT2D eigenvalue weighted by Gasteiger charge is 2.59. The number of imide groups is 1. The Kier molecular flexibility index (Phi) is 11.5. The highest BCUT2D eigenvalue weighted by Crippen LogP contribution is 2.63. The van der Waals surface area contributed by atoms with Crippen molar-refractivity contribution in [3.63, 3.8) is 0 Å². The molecule has 1 atom stereocenters. The van der Waals surface area contributed by atoms with Gasteiger partial charge in [-0.05, 0) is 99.7 Å². The van der Waals surface area contributed by atoms with E-state index in [1.807, 2.05) is 17.1 Å². The Balaban J connectivity index is 0.592. The molecule has 8 aliphatic rings. The van der Waals surface area contributed by atoms with Crippen LogP contribution in [0, 0.1) is 23.5 Å². The molecule has 2 bridgehead atoms. The van der Waals surface area contributed by atoms with Crippen molar-refractivity contribution >= 4 is 52.0 Å².